The Morgan fingerprint density at radius 2 is 2.02 bits per heavy atom. The molecule has 3 heterocycles. The highest BCUT2D eigenvalue weighted by Crippen LogP contribution is 2.48. The van der Waals surface area contributed by atoms with Gasteiger partial charge in [-0.2, -0.15) is 10.1 Å². The van der Waals surface area contributed by atoms with E-state index in [2.05, 4.69) is 26.1 Å². The number of nitrogen functional groups attached to an aromatic ring is 1. The molecule has 0 amide bonds. The highest BCUT2D eigenvalue weighted by molar-refractivity contribution is 7.52. The first-order chi connectivity index (χ1) is 18.9. The number of para-hydroxylation sites is 1. The van der Waals surface area contributed by atoms with Crippen molar-refractivity contribution in [3.8, 4) is 24.0 Å². The Kier molecular flexibility index (Phi) is 8.31. The molecule has 1 fully saturated rings. The van der Waals surface area contributed by atoms with Crippen LogP contribution in [0.15, 0.2) is 36.5 Å². The highest BCUT2D eigenvalue weighted by Gasteiger charge is 2.56. The molecular weight excluding hydrogens is 547 g/mol. The number of aliphatic hydroxyl groups is 2. The number of nitrogens with one attached hydrogen (secondary N) is 1. The summed E-state index contributed by atoms with van der Waals surface area (Å²) < 4.78 is 37.2. The molecule has 2 aromatic heterocycles. The predicted molar refractivity (Wildman–Crippen MR) is 139 cm³/mol. The molecule has 0 bridgehead atoms. The van der Waals surface area contributed by atoms with Crippen LogP contribution in [0.3, 0.4) is 0 Å². The first-order valence-electron chi connectivity index (χ1n) is 12.1. The molecule has 0 radical (unpaired) electrons. The highest BCUT2D eigenvalue weighted by atomic mass is 31.2. The molecule has 15 nitrogen and oxygen atoms in total. The van der Waals surface area contributed by atoms with Gasteiger partial charge >= 0.3 is 13.7 Å². The first kappa shape index (κ1) is 29.2. The second kappa shape index (κ2) is 11.4. The van der Waals surface area contributed by atoms with Crippen LogP contribution in [0.4, 0.5) is 5.95 Å². The number of esters is 1. The van der Waals surface area contributed by atoms with Gasteiger partial charge in [0, 0.05) is 0 Å². The zero-order valence-electron chi connectivity index (χ0n) is 21.7. The summed E-state index contributed by atoms with van der Waals surface area (Å²) in [6, 6.07) is 6.87. The minimum Gasteiger partial charge on any atom is -0.491 e. The summed E-state index contributed by atoms with van der Waals surface area (Å²) in [5.74, 6) is 0.885. The summed E-state index contributed by atoms with van der Waals surface area (Å²) in [5, 5.41) is 38.3. The number of nitrogens with two attached hydrogens (primary N) is 1. The van der Waals surface area contributed by atoms with Crippen molar-refractivity contribution in [2.24, 2.45) is 0 Å². The molecule has 40 heavy (non-hydrogen) atoms. The van der Waals surface area contributed by atoms with E-state index in [-0.39, 0.29) is 23.0 Å². The number of aromatic nitrogens is 4. The van der Waals surface area contributed by atoms with Crippen molar-refractivity contribution < 1.29 is 43.2 Å². The number of fused-ring (bicyclic) bond motifs is 1. The Labute approximate surface area is 228 Å². The van der Waals surface area contributed by atoms with Gasteiger partial charge in [0.15, 0.2) is 5.60 Å². The van der Waals surface area contributed by atoms with E-state index in [1.807, 2.05) is 0 Å². The van der Waals surface area contributed by atoms with Crippen LogP contribution in [0.2, 0.25) is 0 Å². The van der Waals surface area contributed by atoms with Crippen LogP contribution < -0.4 is 15.3 Å². The maximum Gasteiger partial charge on any atom is 0.459 e. The number of rotatable bonds is 10. The Balaban J connectivity index is 1.61. The van der Waals surface area contributed by atoms with E-state index in [1.165, 1.54) is 25.3 Å². The quantitative estimate of drug-likeness (QED) is 0.128. The zero-order valence-corrected chi connectivity index (χ0v) is 22.6. The van der Waals surface area contributed by atoms with Crippen LogP contribution in [0.5, 0.6) is 11.6 Å². The molecule has 1 saturated heterocycles. The molecule has 1 aliphatic rings. The maximum absolute atomic E-state index is 13.8. The van der Waals surface area contributed by atoms with E-state index < -0.39 is 62.3 Å². The number of benzene rings is 1. The third kappa shape index (κ3) is 5.87. The van der Waals surface area contributed by atoms with Gasteiger partial charge in [-0.05, 0) is 32.9 Å². The summed E-state index contributed by atoms with van der Waals surface area (Å²) in [5.41, 5.74) is 3.56. The second-order valence-electron chi connectivity index (χ2n) is 9.23. The van der Waals surface area contributed by atoms with Crippen LogP contribution in [-0.4, -0.2) is 77.4 Å². The fourth-order valence-corrected chi connectivity index (χ4v) is 5.45. The molecule has 0 spiro atoms. The summed E-state index contributed by atoms with van der Waals surface area (Å²) in [6.45, 7) is 3.97. The number of terminal acetylenes is 1. The number of hydrogen-bond donors (Lipinski definition) is 5. The number of carbonyl (C=O) groups excluding carboxylic acids is 1. The van der Waals surface area contributed by atoms with Crippen LogP contribution in [0.25, 0.3) is 5.65 Å². The average Bonchev–Trinajstić information content (AvgIpc) is 3.42. The Morgan fingerprint density at radius 3 is 2.67 bits per heavy atom. The lowest BCUT2D eigenvalue weighted by molar-refractivity contribution is -0.149. The topological polar surface area (TPSA) is 213 Å². The number of ether oxygens (including phenoxy) is 2. The lowest BCUT2D eigenvalue weighted by atomic mass is 9.96. The van der Waals surface area contributed by atoms with Gasteiger partial charge in [-0.15, -0.1) is 11.5 Å². The predicted octanol–water partition coefficient (Wildman–Crippen LogP) is 0.711. The summed E-state index contributed by atoms with van der Waals surface area (Å²) >= 11 is 0. The fraction of sp³-hybridized carbons (Fsp3) is 0.417. The molecule has 4 rings (SSSR count). The van der Waals surface area contributed by atoms with Crippen molar-refractivity contribution in [2.75, 3.05) is 12.3 Å². The van der Waals surface area contributed by atoms with Crippen LogP contribution in [-0.2, 0) is 23.4 Å². The Bertz CT molecular complexity index is 1460. The van der Waals surface area contributed by atoms with Crippen molar-refractivity contribution in [1.29, 1.82) is 0 Å². The van der Waals surface area contributed by atoms with Crippen molar-refractivity contribution in [1.82, 2.24) is 24.7 Å². The minimum absolute atomic E-state index is 0.0787. The number of imidazole rings is 1. The van der Waals surface area contributed by atoms with E-state index in [4.69, 9.17) is 30.7 Å². The number of anilines is 1. The summed E-state index contributed by atoms with van der Waals surface area (Å²) in [7, 11) is -4.39. The standard InChI is InChI=1S/C24H29N6O9P/c1-5-24(19(32)17(31)18(38-24)16-11-26-20-21(33)27-23(25)28-30(16)20)12-36-40(35,39-15-9-7-6-8-10-15)29-14(4)22(34)37-13(2)3/h1,6-11,13-14,17-19,31-32H,12H2,2-4H3,(H,29,35)(H3,25,27,28,33)/t14-,17?,18-,19?,24+,40-/m0/s1. The number of carbonyl (C=O) groups is 1. The van der Waals surface area contributed by atoms with Gasteiger partial charge in [0.2, 0.25) is 11.6 Å². The number of aliphatic hydroxyl groups excluding tert-OH is 2. The summed E-state index contributed by atoms with van der Waals surface area (Å²) in [4.78, 5) is 20.0. The van der Waals surface area contributed by atoms with Crippen LogP contribution >= 0.6 is 7.75 Å². The van der Waals surface area contributed by atoms with Crippen molar-refractivity contribution >= 4 is 25.3 Å². The molecule has 1 aromatic carbocycles. The van der Waals surface area contributed by atoms with Crippen LogP contribution in [0.1, 0.15) is 32.6 Å². The van der Waals surface area contributed by atoms with Gasteiger partial charge in [-0.1, -0.05) is 24.1 Å². The molecule has 16 heteroatoms. The molecule has 214 valence electrons. The zero-order chi connectivity index (χ0) is 29.2. The monoisotopic (exact) mass is 576 g/mol. The third-order valence-corrected chi connectivity index (χ3v) is 7.47. The van der Waals surface area contributed by atoms with Gasteiger partial charge in [0.25, 0.3) is 5.88 Å². The fourth-order valence-electron chi connectivity index (χ4n) is 3.93. The van der Waals surface area contributed by atoms with E-state index in [0.29, 0.717) is 0 Å². The van der Waals surface area contributed by atoms with Crippen molar-refractivity contribution in [3.63, 3.8) is 0 Å². The minimum atomic E-state index is -4.39. The van der Waals surface area contributed by atoms with Gasteiger partial charge in [-0.3, -0.25) is 9.32 Å². The number of nitrogens with zero attached hydrogens (tertiary/aromatic N) is 4. The molecule has 6 atom stereocenters. The number of aromatic hydroxyl groups is 1. The largest absolute Gasteiger partial charge is 0.491 e. The van der Waals surface area contributed by atoms with Gasteiger partial charge in [0.1, 0.15) is 36.7 Å². The molecule has 3 aromatic rings. The van der Waals surface area contributed by atoms with Gasteiger partial charge < -0.3 is 35.1 Å². The molecule has 0 saturated carbocycles. The van der Waals surface area contributed by atoms with E-state index in [0.717, 1.165) is 4.52 Å². The molecule has 1 aliphatic heterocycles. The molecule has 6 N–H and O–H groups in total. The van der Waals surface area contributed by atoms with E-state index in [1.54, 1.807) is 32.0 Å². The van der Waals surface area contributed by atoms with Crippen molar-refractivity contribution in [3.05, 3.63) is 42.2 Å². The average molecular weight is 577 g/mol. The first-order valence-corrected chi connectivity index (χ1v) is 13.6. The number of hydrogen-bond acceptors (Lipinski definition) is 13. The van der Waals surface area contributed by atoms with Gasteiger partial charge in [0.05, 0.1) is 18.0 Å². The molecule has 2 unspecified atom stereocenters. The Morgan fingerprint density at radius 1 is 1.32 bits per heavy atom. The second-order valence-corrected chi connectivity index (χ2v) is 10.9. The SMILES string of the molecule is C#C[C@]1(CO[P@@](=O)(N[C@@H](C)C(=O)OC(C)C)Oc2ccccc2)O[C@@H](c2cnc3c(O)nc(N)nn23)C(O)C1O. The third-order valence-electron chi connectivity index (χ3n) is 5.85. The lowest BCUT2D eigenvalue weighted by Crippen LogP contribution is -2.46. The van der Waals surface area contributed by atoms with Crippen LogP contribution in [0, 0.1) is 12.3 Å². The maximum atomic E-state index is 13.8. The Hall–Kier alpha value is -3.77. The molecule has 0 aliphatic carbocycles. The van der Waals surface area contributed by atoms with E-state index in [9.17, 15) is 24.7 Å². The summed E-state index contributed by atoms with van der Waals surface area (Å²) in [6.07, 6.45) is 1.79. The van der Waals surface area contributed by atoms with Crippen molar-refractivity contribution in [2.45, 2.75) is 56.8 Å². The van der Waals surface area contributed by atoms with E-state index >= 15 is 0 Å². The molecular formula is C24H29N6O9P. The van der Waals surface area contributed by atoms with Gasteiger partial charge in [-0.25, -0.2) is 14.1 Å². The lowest BCUT2D eigenvalue weighted by Gasteiger charge is -2.29. The smallest absolute Gasteiger partial charge is 0.459 e. The normalized spacial score (nSPS) is 24.9.